The van der Waals surface area contributed by atoms with E-state index in [1.54, 1.807) is 6.20 Å². The molecule has 0 bridgehead atoms. The van der Waals surface area contributed by atoms with Crippen LogP contribution in [0.5, 0.6) is 0 Å². The lowest BCUT2D eigenvalue weighted by atomic mass is 9.92. The Balaban J connectivity index is 2.66. The van der Waals surface area contributed by atoms with Crippen LogP contribution in [0.2, 0.25) is 0 Å². The van der Waals surface area contributed by atoms with Gasteiger partial charge in [0.1, 0.15) is 11.5 Å². The molecule has 0 fully saturated rings. The fraction of sp³-hybridized carbons (Fsp3) is 0.400. The summed E-state index contributed by atoms with van der Waals surface area (Å²) in [5, 5.41) is 3.11. The summed E-state index contributed by atoms with van der Waals surface area (Å²) in [6, 6.07) is 3.96. The van der Waals surface area contributed by atoms with E-state index >= 15 is 0 Å². The SMILES string of the molecule is CNc1nc(-c2cc(C)ccn2)nc(C(C)(C)C)c1Br. The normalized spacial score (nSPS) is 11.5. The third-order valence-corrected chi connectivity index (χ3v) is 3.69. The van der Waals surface area contributed by atoms with Crippen LogP contribution in [0.15, 0.2) is 22.8 Å². The summed E-state index contributed by atoms with van der Waals surface area (Å²) in [4.78, 5) is 13.6. The lowest BCUT2D eigenvalue weighted by Crippen LogP contribution is -2.17. The monoisotopic (exact) mass is 334 g/mol. The first-order valence-corrected chi connectivity index (χ1v) is 7.31. The molecule has 0 saturated heterocycles. The average molecular weight is 335 g/mol. The summed E-state index contributed by atoms with van der Waals surface area (Å²) < 4.78 is 0.906. The zero-order chi connectivity index (χ0) is 14.9. The molecular weight excluding hydrogens is 316 g/mol. The van der Waals surface area contributed by atoms with Gasteiger partial charge < -0.3 is 5.32 Å². The van der Waals surface area contributed by atoms with Crippen molar-refractivity contribution in [1.82, 2.24) is 15.0 Å². The Labute approximate surface area is 128 Å². The highest BCUT2D eigenvalue weighted by atomic mass is 79.9. The number of rotatable bonds is 2. The molecular formula is C15H19BrN4. The zero-order valence-corrected chi connectivity index (χ0v) is 14.0. The molecule has 2 aromatic heterocycles. The molecule has 5 heteroatoms. The van der Waals surface area contributed by atoms with Gasteiger partial charge in [0.2, 0.25) is 0 Å². The molecule has 0 radical (unpaired) electrons. The van der Waals surface area contributed by atoms with E-state index in [0.29, 0.717) is 5.82 Å². The Hall–Kier alpha value is -1.49. The van der Waals surface area contributed by atoms with Gasteiger partial charge in [-0.2, -0.15) is 0 Å². The van der Waals surface area contributed by atoms with E-state index in [1.165, 1.54) is 0 Å². The molecule has 2 rings (SSSR count). The van der Waals surface area contributed by atoms with Crippen LogP contribution in [0.25, 0.3) is 11.5 Å². The summed E-state index contributed by atoms with van der Waals surface area (Å²) in [6.45, 7) is 8.43. The molecule has 0 aliphatic rings. The Bertz CT molecular complexity index is 632. The average Bonchev–Trinajstić information content (AvgIpc) is 2.37. The number of nitrogens with one attached hydrogen (secondary N) is 1. The lowest BCUT2D eigenvalue weighted by molar-refractivity contribution is 0.564. The van der Waals surface area contributed by atoms with E-state index in [-0.39, 0.29) is 5.41 Å². The molecule has 0 aliphatic heterocycles. The smallest absolute Gasteiger partial charge is 0.180 e. The van der Waals surface area contributed by atoms with E-state index in [4.69, 9.17) is 4.98 Å². The predicted molar refractivity (Wildman–Crippen MR) is 85.9 cm³/mol. The summed E-state index contributed by atoms with van der Waals surface area (Å²) in [5.41, 5.74) is 2.82. The minimum absolute atomic E-state index is 0.0774. The number of nitrogens with zero attached hydrogens (tertiary/aromatic N) is 3. The number of aromatic nitrogens is 3. The van der Waals surface area contributed by atoms with E-state index in [9.17, 15) is 0 Å². The van der Waals surface area contributed by atoms with Crippen LogP contribution >= 0.6 is 15.9 Å². The van der Waals surface area contributed by atoms with Crippen molar-refractivity contribution in [2.75, 3.05) is 12.4 Å². The highest BCUT2D eigenvalue weighted by molar-refractivity contribution is 9.10. The van der Waals surface area contributed by atoms with Crippen molar-refractivity contribution < 1.29 is 0 Å². The molecule has 4 nitrogen and oxygen atoms in total. The van der Waals surface area contributed by atoms with Gasteiger partial charge in [0.25, 0.3) is 0 Å². The molecule has 0 aromatic carbocycles. The van der Waals surface area contributed by atoms with Crippen LogP contribution in [0.4, 0.5) is 5.82 Å². The molecule has 2 heterocycles. The number of hydrogen-bond acceptors (Lipinski definition) is 4. The topological polar surface area (TPSA) is 50.7 Å². The maximum Gasteiger partial charge on any atom is 0.180 e. The maximum absolute atomic E-state index is 4.70. The minimum atomic E-state index is -0.0774. The fourth-order valence-electron chi connectivity index (χ4n) is 1.88. The van der Waals surface area contributed by atoms with Crippen molar-refractivity contribution in [3.63, 3.8) is 0 Å². The van der Waals surface area contributed by atoms with Gasteiger partial charge in [-0.3, -0.25) is 4.98 Å². The highest BCUT2D eigenvalue weighted by Gasteiger charge is 2.23. The van der Waals surface area contributed by atoms with Crippen LogP contribution in [0.1, 0.15) is 32.0 Å². The Morgan fingerprint density at radius 3 is 2.45 bits per heavy atom. The van der Waals surface area contributed by atoms with Crippen LogP contribution in [0.3, 0.4) is 0 Å². The molecule has 1 N–H and O–H groups in total. The Morgan fingerprint density at radius 1 is 1.20 bits per heavy atom. The van der Waals surface area contributed by atoms with Gasteiger partial charge in [0, 0.05) is 18.7 Å². The predicted octanol–water partition coefficient (Wildman–Crippen LogP) is 3.95. The number of halogens is 1. The van der Waals surface area contributed by atoms with Crippen molar-refractivity contribution in [3.05, 3.63) is 34.1 Å². The molecule has 0 aliphatic carbocycles. The van der Waals surface area contributed by atoms with Crippen LogP contribution in [-0.4, -0.2) is 22.0 Å². The van der Waals surface area contributed by atoms with Gasteiger partial charge in [-0.15, -0.1) is 0 Å². The van der Waals surface area contributed by atoms with Crippen molar-refractivity contribution in [1.29, 1.82) is 0 Å². The van der Waals surface area contributed by atoms with Gasteiger partial charge in [-0.05, 0) is 40.5 Å². The molecule has 0 amide bonds. The van der Waals surface area contributed by atoms with Gasteiger partial charge in [0.15, 0.2) is 5.82 Å². The second-order valence-electron chi connectivity index (χ2n) is 5.78. The second kappa shape index (κ2) is 5.48. The van der Waals surface area contributed by atoms with E-state index in [2.05, 4.69) is 52.0 Å². The van der Waals surface area contributed by atoms with E-state index in [0.717, 1.165) is 27.2 Å². The summed E-state index contributed by atoms with van der Waals surface area (Å²) in [5.74, 6) is 1.43. The van der Waals surface area contributed by atoms with Crippen molar-refractivity contribution in [3.8, 4) is 11.5 Å². The number of anilines is 1. The molecule has 0 saturated carbocycles. The van der Waals surface area contributed by atoms with Gasteiger partial charge in [-0.1, -0.05) is 20.8 Å². The van der Waals surface area contributed by atoms with Crippen molar-refractivity contribution in [2.45, 2.75) is 33.1 Å². The number of pyridine rings is 1. The molecule has 0 spiro atoms. The second-order valence-corrected chi connectivity index (χ2v) is 6.57. The zero-order valence-electron chi connectivity index (χ0n) is 12.5. The van der Waals surface area contributed by atoms with Crippen LogP contribution in [-0.2, 0) is 5.41 Å². The third kappa shape index (κ3) is 2.98. The minimum Gasteiger partial charge on any atom is -0.372 e. The molecule has 2 aromatic rings. The molecule has 20 heavy (non-hydrogen) atoms. The maximum atomic E-state index is 4.70. The quantitative estimate of drug-likeness (QED) is 0.903. The summed E-state index contributed by atoms with van der Waals surface area (Å²) >= 11 is 3.59. The van der Waals surface area contributed by atoms with Gasteiger partial charge in [-0.25, -0.2) is 9.97 Å². The van der Waals surface area contributed by atoms with Crippen LogP contribution in [0, 0.1) is 6.92 Å². The number of aryl methyl sites for hydroxylation is 1. The highest BCUT2D eigenvalue weighted by Crippen LogP contribution is 2.33. The third-order valence-electron chi connectivity index (χ3n) is 2.94. The largest absolute Gasteiger partial charge is 0.372 e. The van der Waals surface area contributed by atoms with Gasteiger partial charge in [0.05, 0.1) is 10.2 Å². The lowest BCUT2D eigenvalue weighted by Gasteiger charge is -2.21. The van der Waals surface area contributed by atoms with Crippen molar-refractivity contribution in [2.24, 2.45) is 0 Å². The van der Waals surface area contributed by atoms with Crippen molar-refractivity contribution >= 4 is 21.7 Å². The Kier molecular flexibility index (Phi) is 4.09. The fourth-order valence-corrected chi connectivity index (χ4v) is 2.85. The van der Waals surface area contributed by atoms with E-state index < -0.39 is 0 Å². The standard InChI is InChI=1S/C15H19BrN4/c1-9-6-7-18-10(8-9)13-19-12(15(2,3)4)11(16)14(17-5)20-13/h6-8H,1-5H3,(H,17,19,20). The number of hydrogen-bond donors (Lipinski definition) is 1. The summed E-state index contributed by atoms with van der Waals surface area (Å²) in [6.07, 6.45) is 1.78. The molecule has 0 atom stereocenters. The first kappa shape index (κ1) is 14.9. The van der Waals surface area contributed by atoms with Gasteiger partial charge >= 0.3 is 0 Å². The Morgan fingerprint density at radius 2 is 1.90 bits per heavy atom. The first-order valence-electron chi connectivity index (χ1n) is 6.51. The molecule has 0 unspecified atom stereocenters. The first-order chi connectivity index (χ1) is 9.32. The molecule has 106 valence electrons. The summed E-state index contributed by atoms with van der Waals surface area (Å²) in [7, 11) is 1.85. The van der Waals surface area contributed by atoms with E-state index in [1.807, 2.05) is 26.1 Å². The van der Waals surface area contributed by atoms with Crippen LogP contribution < -0.4 is 5.32 Å².